The summed E-state index contributed by atoms with van der Waals surface area (Å²) >= 11 is 0. The largest absolute Gasteiger partial charge is 0.467 e. The fourth-order valence-corrected chi connectivity index (χ4v) is 2.89. The van der Waals surface area contributed by atoms with Crippen LogP contribution >= 0.6 is 0 Å². The molecule has 2 heterocycles. The molecule has 0 aliphatic carbocycles. The molecule has 28 heavy (non-hydrogen) atoms. The van der Waals surface area contributed by atoms with Gasteiger partial charge in [-0.15, -0.1) is 0 Å². The number of ether oxygens (including phenoxy) is 2. The molecule has 9 heteroatoms. The second-order valence-electron chi connectivity index (χ2n) is 6.46. The Labute approximate surface area is 161 Å². The average molecular weight is 393 g/mol. The van der Waals surface area contributed by atoms with Crippen molar-refractivity contribution in [3.8, 4) is 5.75 Å². The van der Waals surface area contributed by atoms with Crippen LogP contribution in [0.1, 0.15) is 11.3 Å². The van der Waals surface area contributed by atoms with Crippen molar-refractivity contribution in [2.75, 3.05) is 6.61 Å². The molecule has 1 aliphatic rings. The minimum Gasteiger partial charge on any atom is -0.467 e. The van der Waals surface area contributed by atoms with Crippen molar-refractivity contribution < 1.29 is 39.1 Å². The smallest absolute Gasteiger partial charge is 0.229 e. The van der Waals surface area contributed by atoms with Crippen molar-refractivity contribution in [2.45, 2.75) is 43.7 Å². The first-order valence-electron chi connectivity index (χ1n) is 8.83. The van der Waals surface area contributed by atoms with Gasteiger partial charge < -0.3 is 39.6 Å². The van der Waals surface area contributed by atoms with Crippen LogP contribution in [-0.4, -0.2) is 63.6 Å². The fourth-order valence-electron chi connectivity index (χ4n) is 2.89. The van der Waals surface area contributed by atoms with Gasteiger partial charge in [-0.25, -0.2) is 0 Å². The third-order valence-electron chi connectivity index (χ3n) is 4.46. The van der Waals surface area contributed by atoms with E-state index < -0.39 is 37.3 Å². The minimum absolute atomic E-state index is 0.00824. The van der Waals surface area contributed by atoms with E-state index in [-0.39, 0.29) is 24.6 Å². The summed E-state index contributed by atoms with van der Waals surface area (Å²) in [5.74, 6) is 0.639. The predicted octanol–water partition coefficient (Wildman–Crippen LogP) is -0.683. The Hall–Kier alpha value is -2.43. The Morgan fingerprint density at radius 3 is 2.57 bits per heavy atom. The highest BCUT2D eigenvalue weighted by molar-refractivity contribution is 5.79. The summed E-state index contributed by atoms with van der Waals surface area (Å²) in [7, 11) is 0. The third kappa shape index (κ3) is 4.70. The molecule has 1 aliphatic heterocycles. The zero-order valence-corrected chi connectivity index (χ0v) is 15.0. The number of benzene rings is 1. The Kier molecular flexibility index (Phi) is 6.65. The van der Waals surface area contributed by atoms with E-state index in [1.165, 1.54) is 6.26 Å². The van der Waals surface area contributed by atoms with E-state index in [1.807, 2.05) is 0 Å². The molecule has 0 bridgehead atoms. The summed E-state index contributed by atoms with van der Waals surface area (Å²) in [4.78, 5) is 12.2. The summed E-state index contributed by atoms with van der Waals surface area (Å²) in [5, 5.41) is 41.8. The van der Waals surface area contributed by atoms with Crippen LogP contribution in [0.3, 0.4) is 0 Å². The first-order valence-corrected chi connectivity index (χ1v) is 8.83. The van der Waals surface area contributed by atoms with Gasteiger partial charge in [0.15, 0.2) is 0 Å². The number of hydrogen-bond acceptors (Lipinski definition) is 8. The van der Waals surface area contributed by atoms with Crippen LogP contribution in [0, 0.1) is 0 Å². The van der Waals surface area contributed by atoms with Crippen molar-refractivity contribution in [2.24, 2.45) is 0 Å². The normalized spacial score (nSPS) is 27.4. The van der Waals surface area contributed by atoms with E-state index in [1.54, 1.807) is 36.4 Å². The monoisotopic (exact) mass is 393 g/mol. The van der Waals surface area contributed by atoms with Gasteiger partial charge in [0.1, 0.15) is 35.9 Å². The van der Waals surface area contributed by atoms with Crippen LogP contribution in [0.2, 0.25) is 0 Å². The molecule has 0 radical (unpaired) electrons. The van der Waals surface area contributed by atoms with Gasteiger partial charge in [-0.3, -0.25) is 4.79 Å². The molecule has 2 aromatic rings. The van der Waals surface area contributed by atoms with E-state index in [9.17, 15) is 25.2 Å². The number of rotatable bonds is 7. The van der Waals surface area contributed by atoms with E-state index in [0.29, 0.717) is 11.3 Å². The second kappa shape index (κ2) is 9.18. The van der Waals surface area contributed by atoms with Crippen molar-refractivity contribution in [1.82, 2.24) is 5.32 Å². The molecular weight excluding hydrogens is 370 g/mol. The quantitative estimate of drug-likeness (QED) is 0.417. The Morgan fingerprint density at radius 2 is 1.86 bits per heavy atom. The average Bonchev–Trinajstić information content (AvgIpc) is 3.22. The molecule has 5 N–H and O–H groups in total. The number of carbonyl (C=O) groups excluding carboxylic acids is 1. The van der Waals surface area contributed by atoms with Gasteiger partial charge in [-0.1, -0.05) is 18.2 Å². The summed E-state index contributed by atoms with van der Waals surface area (Å²) in [5.41, 5.74) is 0.538. The highest BCUT2D eigenvalue weighted by atomic mass is 16.7. The van der Waals surface area contributed by atoms with Crippen LogP contribution in [-0.2, 0) is 22.5 Å². The van der Waals surface area contributed by atoms with Crippen molar-refractivity contribution in [3.05, 3.63) is 54.0 Å². The van der Waals surface area contributed by atoms with Gasteiger partial charge in [0.2, 0.25) is 12.2 Å². The van der Waals surface area contributed by atoms with Crippen LogP contribution in [0.4, 0.5) is 0 Å². The molecule has 152 valence electrons. The van der Waals surface area contributed by atoms with E-state index in [4.69, 9.17) is 13.9 Å². The molecule has 5 unspecified atom stereocenters. The number of nitrogens with one attached hydrogen (secondary N) is 1. The molecule has 1 aromatic heterocycles. The number of aliphatic hydroxyl groups excluding tert-OH is 4. The third-order valence-corrected chi connectivity index (χ3v) is 4.46. The molecule has 1 fully saturated rings. The lowest BCUT2D eigenvalue weighted by Crippen LogP contribution is -2.60. The number of aliphatic hydroxyl groups is 4. The van der Waals surface area contributed by atoms with E-state index in [2.05, 4.69) is 5.32 Å². The number of para-hydroxylation sites is 1. The van der Waals surface area contributed by atoms with Crippen molar-refractivity contribution in [1.29, 1.82) is 0 Å². The predicted molar refractivity (Wildman–Crippen MR) is 95.1 cm³/mol. The number of amides is 1. The maximum absolute atomic E-state index is 12.2. The highest BCUT2D eigenvalue weighted by Crippen LogP contribution is 2.26. The van der Waals surface area contributed by atoms with Gasteiger partial charge >= 0.3 is 0 Å². The fraction of sp³-hybridized carbons (Fsp3) is 0.421. The molecule has 0 spiro atoms. The topological polar surface area (TPSA) is 142 Å². The number of carbonyl (C=O) groups is 1. The van der Waals surface area contributed by atoms with Crippen LogP contribution in [0.15, 0.2) is 47.1 Å². The van der Waals surface area contributed by atoms with Crippen LogP contribution < -0.4 is 10.1 Å². The van der Waals surface area contributed by atoms with Gasteiger partial charge in [-0.05, 0) is 18.2 Å². The van der Waals surface area contributed by atoms with Gasteiger partial charge in [0.25, 0.3) is 0 Å². The highest BCUT2D eigenvalue weighted by Gasteiger charge is 2.44. The second-order valence-corrected chi connectivity index (χ2v) is 6.46. The Bertz CT molecular complexity index is 763. The zero-order chi connectivity index (χ0) is 20.1. The summed E-state index contributed by atoms with van der Waals surface area (Å²) in [6, 6.07) is 10.2. The minimum atomic E-state index is -1.54. The van der Waals surface area contributed by atoms with E-state index in [0.717, 1.165) is 0 Å². The Morgan fingerprint density at radius 1 is 1.07 bits per heavy atom. The Balaban J connectivity index is 1.65. The SMILES string of the molecule is O=C(Cc1ccccc1OC1OC(CO)C(O)C(O)C1O)NCc1ccco1. The maximum Gasteiger partial charge on any atom is 0.229 e. The van der Waals surface area contributed by atoms with Crippen molar-refractivity contribution >= 4 is 5.91 Å². The van der Waals surface area contributed by atoms with Gasteiger partial charge in [0.05, 0.1) is 25.8 Å². The van der Waals surface area contributed by atoms with Crippen LogP contribution in [0.25, 0.3) is 0 Å². The van der Waals surface area contributed by atoms with Gasteiger partial charge in [-0.2, -0.15) is 0 Å². The molecule has 1 saturated heterocycles. The van der Waals surface area contributed by atoms with E-state index >= 15 is 0 Å². The van der Waals surface area contributed by atoms with Crippen LogP contribution in [0.5, 0.6) is 5.75 Å². The standard InChI is InChI=1S/C19H23NO8/c21-10-14-16(23)17(24)18(25)19(28-14)27-13-6-2-1-4-11(13)8-15(22)20-9-12-5-3-7-26-12/h1-7,14,16-19,21,23-25H,8-10H2,(H,20,22). The molecule has 3 rings (SSSR count). The first kappa shape index (κ1) is 20.3. The van der Waals surface area contributed by atoms with Crippen molar-refractivity contribution in [3.63, 3.8) is 0 Å². The number of hydrogen-bond donors (Lipinski definition) is 5. The molecular formula is C19H23NO8. The zero-order valence-electron chi connectivity index (χ0n) is 15.0. The summed E-state index contributed by atoms with van der Waals surface area (Å²) in [6.07, 6.45) is -5.41. The number of furan rings is 1. The molecule has 5 atom stereocenters. The molecule has 9 nitrogen and oxygen atoms in total. The first-order chi connectivity index (χ1) is 13.5. The maximum atomic E-state index is 12.2. The lowest BCUT2D eigenvalue weighted by atomic mass is 9.99. The summed E-state index contributed by atoms with van der Waals surface area (Å²) in [6.45, 7) is -0.302. The summed E-state index contributed by atoms with van der Waals surface area (Å²) < 4.78 is 16.2. The lowest BCUT2D eigenvalue weighted by Gasteiger charge is -2.39. The van der Waals surface area contributed by atoms with Gasteiger partial charge in [0, 0.05) is 5.56 Å². The molecule has 1 aromatic carbocycles. The molecule has 1 amide bonds. The lowest BCUT2D eigenvalue weighted by molar-refractivity contribution is -0.277. The molecule has 0 saturated carbocycles.